The molecule has 2 N–H and O–H groups in total. The highest BCUT2D eigenvalue weighted by molar-refractivity contribution is 6.36. The van der Waals surface area contributed by atoms with Crippen molar-refractivity contribution in [3.8, 4) is 11.1 Å². The van der Waals surface area contributed by atoms with E-state index in [4.69, 9.17) is 17.3 Å². The molecule has 0 bridgehead atoms. The van der Waals surface area contributed by atoms with E-state index in [2.05, 4.69) is 0 Å². The van der Waals surface area contributed by atoms with Crippen LogP contribution in [0.4, 0.5) is 14.5 Å². The first kappa shape index (κ1) is 12.9. The third-order valence-electron chi connectivity index (χ3n) is 3.25. The van der Waals surface area contributed by atoms with E-state index in [0.717, 1.165) is 22.9 Å². The fourth-order valence-corrected chi connectivity index (χ4v) is 2.49. The van der Waals surface area contributed by atoms with Gasteiger partial charge in [-0.05, 0) is 23.1 Å². The lowest BCUT2D eigenvalue weighted by atomic mass is 9.97. The zero-order chi connectivity index (χ0) is 14.3. The number of halogens is 3. The fraction of sp³-hybridized carbons (Fsp3) is 0. The molecule has 4 heteroatoms. The molecule has 0 atom stereocenters. The van der Waals surface area contributed by atoms with Crippen LogP contribution in [0.25, 0.3) is 21.9 Å². The Balaban J connectivity index is 2.36. The predicted molar refractivity (Wildman–Crippen MR) is 78.7 cm³/mol. The molecule has 0 amide bonds. The molecule has 0 spiro atoms. The molecule has 0 unspecified atom stereocenters. The van der Waals surface area contributed by atoms with Crippen LogP contribution in [0, 0.1) is 11.6 Å². The van der Waals surface area contributed by atoms with Crippen molar-refractivity contribution in [3.63, 3.8) is 0 Å². The molecule has 20 heavy (non-hydrogen) atoms. The zero-order valence-corrected chi connectivity index (χ0v) is 11.1. The van der Waals surface area contributed by atoms with E-state index >= 15 is 0 Å². The summed E-state index contributed by atoms with van der Waals surface area (Å²) in [6.07, 6.45) is 0. The third-order valence-corrected chi connectivity index (χ3v) is 3.58. The molecule has 0 aliphatic heterocycles. The number of anilines is 1. The largest absolute Gasteiger partial charge is 0.396 e. The minimum atomic E-state index is -0.638. The van der Waals surface area contributed by atoms with Gasteiger partial charge in [0.2, 0.25) is 0 Å². The Morgan fingerprint density at radius 3 is 2.25 bits per heavy atom. The number of hydrogen-bond acceptors (Lipinski definition) is 1. The summed E-state index contributed by atoms with van der Waals surface area (Å²) < 4.78 is 27.7. The molecule has 1 nitrogen and oxygen atoms in total. The minimum absolute atomic E-state index is 0.171. The van der Waals surface area contributed by atoms with Crippen LogP contribution in [-0.4, -0.2) is 0 Å². The molecular weight excluding hydrogens is 280 g/mol. The molecule has 3 aromatic rings. The molecular formula is C16H10ClF2N. The number of fused-ring (bicyclic) bond motifs is 1. The predicted octanol–water partition coefficient (Wildman–Crippen LogP) is 5.02. The second-order valence-corrected chi connectivity index (χ2v) is 4.90. The number of benzene rings is 3. The molecule has 0 aliphatic rings. The van der Waals surface area contributed by atoms with Crippen LogP contribution >= 0.6 is 11.6 Å². The summed E-state index contributed by atoms with van der Waals surface area (Å²) >= 11 is 6.12. The molecule has 0 aromatic heterocycles. The monoisotopic (exact) mass is 289 g/mol. The van der Waals surface area contributed by atoms with Gasteiger partial charge in [0.25, 0.3) is 0 Å². The summed E-state index contributed by atoms with van der Waals surface area (Å²) in [6, 6.07) is 12.8. The van der Waals surface area contributed by atoms with Gasteiger partial charge in [0.15, 0.2) is 0 Å². The van der Waals surface area contributed by atoms with Crippen molar-refractivity contribution in [2.75, 3.05) is 5.73 Å². The molecule has 0 aliphatic carbocycles. The molecule has 0 saturated carbocycles. The molecule has 100 valence electrons. The van der Waals surface area contributed by atoms with E-state index < -0.39 is 11.6 Å². The summed E-state index contributed by atoms with van der Waals surface area (Å²) in [5.41, 5.74) is 5.92. The first-order chi connectivity index (χ1) is 9.58. The van der Waals surface area contributed by atoms with Gasteiger partial charge < -0.3 is 5.73 Å². The van der Waals surface area contributed by atoms with Crippen molar-refractivity contribution < 1.29 is 8.78 Å². The van der Waals surface area contributed by atoms with Crippen molar-refractivity contribution in [3.05, 3.63) is 65.2 Å². The van der Waals surface area contributed by atoms with E-state index in [1.54, 1.807) is 12.1 Å². The lowest BCUT2D eigenvalue weighted by Gasteiger charge is -2.10. The van der Waals surface area contributed by atoms with Gasteiger partial charge in [0.1, 0.15) is 11.6 Å². The normalized spacial score (nSPS) is 10.9. The maximum atomic E-state index is 14.1. The van der Waals surface area contributed by atoms with Crippen molar-refractivity contribution >= 4 is 28.1 Å². The highest BCUT2D eigenvalue weighted by Crippen LogP contribution is 2.35. The SMILES string of the molecule is Nc1cc(F)c(-c2ccc(Cl)c3ccccc23)cc1F. The van der Waals surface area contributed by atoms with Crippen LogP contribution < -0.4 is 5.73 Å². The van der Waals surface area contributed by atoms with Gasteiger partial charge in [0.05, 0.1) is 5.69 Å². The van der Waals surface area contributed by atoms with E-state index in [1.165, 1.54) is 0 Å². The average molecular weight is 290 g/mol. The minimum Gasteiger partial charge on any atom is -0.396 e. The second kappa shape index (κ2) is 4.76. The smallest absolute Gasteiger partial charge is 0.146 e. The standard InChI is InChI=1S/C16H10ClF2N/c17-13-6-5-10(9-3-1-2-4-11(9)13)12-7-15(19)16(20)8-14(12)18/h1-8H,20H2. The number of hydrogen-bond donors (Lipinski definition) is 1. The van der Waals surface area contributed by atoms with Gasteiger partial charge in [-0.2, -0.15) is 0 Å². The number of nitrogen functional groups attached to an aromatic ring is 1. The third kappa shape index (κ3) is 2.00. The van der Waals surface area contributed by atoms with Crippen LogP contribution in [0.1, 0.15) is 0 Å². The summed E-state index contributed by atoms with van der Waals surface area (Å²) in [7, 11) is 0. The van der Waals surface area contributed by atoms with E-state index in [1.807, 2.05) is 24.3 Å². The molecule has 0 radical (unpaired) electrons. The number of rotatable bonds is 1. The first-order valence-electron chi connectivity index (χ1n) is 6.00. The van der Waals surface area contributed by atoms with Crippen molar-refractivity contribution in [1.82, 2.24) is 0 Å². The second-order valence-electron chi connectivity index (χ2n) is 4.49. The Bertz CT molecular complexity index is 815. The highest BCUT2D eigenvalue weighted by atomic mass is 35.5. The van der Waals surface area contributed by atoms with Crippen LogP contribution in [0.3, 0.4) is 0 Å². The molecule has 3 rings (SSSR count). The summed E-state index contributed by atoms with van der Waals surface area (Å²) in [4.78, 5) is 0. The van der Waals surface area contributed by atoms with Crippen molar-refractivity contribution in [2.24, 2.45) is 0 Å². The summed E-state index contributed by atoms with van der Waals surface area (Å²) in [6.45, 7) is 0. The molecule has 0 fully saturated rings. The van der Waals surface area contributed by atoms with Gasteiger partial charge in [-0.1, -0.05) is 41.9 Å². The Morgan fingerprint density at radius 2 is 1.50 bits per heavy atom. The maximum Gasteiger partial charge on any atom is 0.146 e. The summed E-state index contributed by atoms with van der Waals surface area (Å²) in [5.74, 6) is -1.20. The van der Waals surface area contributed by atoms with E-state index in [0.29, 0.717) is 10.6 Å². The van der Waals surface area contributed by atoms with E-state index in [9.17, 15) is 8.78 Å². The Morgan fingerprint density at radius 1 is 0.800 bits per heavy atom. The van der Waals surface area contributed by atoms with Crippen LogP contribution in [0.5, 0.6) is 0 Å². The molecule has 0 heterocycles. The zero-order valence-electron chi connectivity index (χ0n) is 10.3. The van der Waals surface area contributed by atoms with Crippen LogP contribution in [0.15, 0.2) is 48.5 Å². The lowest BCUT2D eigenvalue weighted by Crippen LogP contribution is -1.95. The van der Waals surface area contributed by atoms with Gasteiger partial charge in [0, 0.05) is 22.0 Å². The van der Waals surface area contributed by atoms with Gasteiger partial charge >= 0.3 is 0 Å². The van der Waals surface area contributed by atoms with Gasteiger partial charge in [-0.25, -0.2) is 8.78 Å². The van der Waals surface area contributed by atoms with Crippen LogP contribution in [-0.2, 0) is 0 Å². The molecule has 3 aromatic carbocycles. The van der Waals surface area contributed by atoms with Crippen molar-refractivity contribution in [2.45, 2.75) is 0 Å². The quantitative estimate of drug-likeness (QED) is 0.625. The first-order valence-corrected chi connectivity index (χ1v) is 6.38. The topological polar surface area (TPSA) is 26.0 Å². The molecule has 0 saturated heterocycles. The lowest BCUT2D eigenvalue weighted by molar-refractivity contribution is 0.607. The highest BCUT2D eigenvalue weighted by Gasteiger charge is 2.13. The Hall–Kier alpha value is -2.13. The van der Waals surface area contributed by atoms with Crippen LogP contribution in [0.2, 0.25) is 5.02 Å². The Labute approximate surface area is 119 Å². The van der Waals surface area contributed by atoms with E-state index in [-0.39, 0.29) is 11.3 Å². The summed E-state index contributed by atoms with van der Waals surface area (Å²) in [5, 5.41) is 2.13. The van der Waals surface area contributed by atoms with Gasteiger partial charge in [-0.3, -0.25) is 0 Å². The van der Waals surface area contributed by atoms with Gasteiger partial charge in [-0.15, -0.1) is 0 Å². The maximum absolute atomic E-state index is 14.1. The fourth-order valence-electron chi connectivity index (χ4n) is 2.27. The van der Waals surface area contributed by atoms with Crippen molar-refractivity contribution in [1.29, 1.82) is 0 Å². The average Bonchev–Trinajstić information content (AvgIpc) is 2.44. The number of nitrogens with two attached hydrogens (primary N) is 1. The Kier molecular flexibility index (Phi) is 3.07.